The predicted octanol–water partition coefficient (Wildman–Crippen LogP) is 4.58. The first-order valence-electron chi connectivity index (χ1n) is 6.89. The van der Waals surface area contributed by atoms with Gasteiger partial charge >= 0.3 is 6.18 Å². The Bertz CT molecular complexity index is 711. The second kappa shape index (κ2) is 4.87. The molecule has 0 N–H and O–H groups in total. The summed E-state index contributed by atoms with van der Waals surface area (Å²) >= 11 is 0. The third kappa shape index (κ3) is 2.26. The monoisotopic (exact) mass is 305 g/mol. The average molecular weight is 305 g/mol. The van der Waals surface area contributed by atoms with Crippen LogP contribution in [0.4, 0.5) is 24.5 Å². The lowest BCUT2D eigenvalue weighted by molar-refractivity contribution is -0.154. The van der Waals surface area contributed by atoms with Crippen LogP contribution in [0, 0.1) is 0 Å². The van der Waals surface area contributed by atoms with Crippen molar-refractivity contribution in [2.75, 3.05) is 4.90 Å². The maximum Gasteiger partial charge on any atom is 0.390 e. The zero-order valence-electron chi connectivity index (χ0n) is 11.9. The van der Waals surface area contributed by atoms with Gasteiger partial charge < -0.3 is 0 Å². The Morgan fingerprint density at radius 1 is 1.00 bits per heavy atom. The van der Waals surface area contributed by atoms with Gasteiger partial charge in [0, 0.05) is 5.69 Å². The molecule has 2 nitrogen and oxygen atoms in total. The van der Waals surface area contributed by atoms with Crippen molar-refractivity contribution in [1.29, 1.82) is 0 Å². The molecule has 0 aromatic heterocycles. The number of carbonyl (C=O) groups excluding carboxylic acids is 1. The second-order valence-corrected chi connectivity index (χ2v) is 5.62. The zero-order chi connectivity index (χ0) is 16.0. The van der Waals surface area contributed by atoms with E-state index in [1.165, 1.54) is 11.8 Å². The van der Waals surface area contributed by atoms with E-state index in [0.29, 0.717) is 16.9 Å². The van der Waals surface area contributed by atoms with Crippen LogP contribution < -0.4 is 4.90 Å². The summed E-state index contributed by atoms with van der Waals surface area (Å²) in [4.78, 5) is 14.2. The first-order valence-corrected chi connectivity index (χ1v) is 6.89. The summed E-state index contributed by atoms with van der Waals surface area (Å²) in [6.45, 7) is 1.37. The molecule has 5 heteroatoms. The van der Waals surface area contributed by atoms with Gasteiger partial charge in [0.2, 0.25) is 5.91 Å². The molecule has 0 saturated heterocycles. The van der Waals surface area contributed by atoms with Crippen molar-refractivity contribution in [1.82, 2.24) is 0 Å². The van der Waals surface area contributed by atoms with Crippen LogP contribution in [0.2, 0.25) is 0 Å². The van der Waals surface area contributed by atoms with Gasteiger partial charge in [-0.05, 0) is 30.7 Å². The van der Waals surface area contributed by atoms with Gasteiger partial charge in [0.25, 0.3) is 0 Å². The highest BCUT2D eigenvalue weighted by Crippen LogP contribution is 2.49. The molecule has 2 aromatic rings. The quantitative estimate of drug-likeness (QED) is 0.795. The number of carbonyl (C=O) groups is 1. The lowest BCUT2D eigenvalue weighted by atomic mass is 9.80. The zero-order valence-corrected chi connectivity index (χ0v) is 11.9. The number of amides is 1. The molecule has 0 spiro atoms. The third-order valence-electron chi connectivity index (χ3n) is 3.98. The van der Waals surface area contributed by atoms with Crippen LogP contribution in [0.3, 0.4) is 0 Å². The van der Waals surface area contributed by atoms with Crippen LogP contribution >= 0.6 is 0 Å². The number of halogens is 3. The number of para-hydroxylation sites is 2. The maximum absolute atomic E-state index is 13.0. The Morgan fingerprint density at radius 3 is 2.23 bits per heavy atom. The summed E-state index contributed by atoms with van der Waals surface area (Å²) in [5.74, 6) is -0.544. The standard InChI is InChI=1S/C17H14F3NO/c1-16(11-17(18,19)20)13-9-5-6-10-14(13)21(15(16)22)12-7-3-2-4-8-12/h2-10H,11H2,1H3. The fraction of sp³-hybridized carbons (Fsp3) is 0.235. The first kappa shape index (κ1) is 14.6. The molecule has 0 fully saturated rings. The summed E-state index contributed by atoms with van der Waals surface area (Å²) < 4.78 is 38.9. The Kier molecular flexibility index (Phi) is 3.24. The van der Waals surface area contributed by atoms with Crippen molar-refractivity contribution in [2.24, 2.45) is 0 Å². The number of hydrogen-bond donors (Lipinski definition) is 0. The number of fused-ring (bicyclic) bond motifs is 1. The van der Waals surface area contributed by atoms with Crippen LogP contribution in [0.15, 0.2) is 54.6 Å². The van der Waals surface area contributed by atoms with E-state index in [1.54, 1.807) is 54.6 Å². The van der Waals surface area contributed by atoms with E-state index >= 15 is 0 Å². The molecule has 0 radical (unpaired) electrons. The van der Waals surface area contributed by atoms with Gasteiger partial charge in [-0.2, -0.15) is 13.2 Å². The molecule has 1 aliphatic heterocycles. The van der Waals surface area contributed by atoms with E-state index < -0.39 is 23.9 Å². The Labute approximate surface area is 126 Å². The van der Waals surface area contributed by atoms with E-state index in [4.69, 9.17) is 0 Å². The second-order valence-electron chi connectivity index (χ2n) is 5.62. The maximum atomic E-state index is 13.0. The van der Waals surface area contributed by atoms with Crippen LogP contribution in [0.5, 0.6) is 0 Å². The van der Waals surface area contributed by atoms with Gasteiger partial charge in [-0.25, -0.2) is 0 Å². The molecule has 22 heavy (non-hydrogen) atoms. The molecule has 1 heterocycles. The number of rotatable bonds is 2. The normalized spacial score (nSPS) is 21.1. The van der Waals surface area contributed by atoms with Crippen LogP contribution in [0.25, 0.3) is 0 Å². The highest BCUT2D eigenvalue weighted by molar-refractivity contribution is 6.12. The molecule has 1 aliphatic rings. The van der Waals surface area contributed by atoms with E-state index in [9.17, 15) is 18.0 Å². The highest BCUT2D eigenvalue weighted by atomic mass is 19.4. The molecule has 2 aromatic carbocycles. The Hall–Kier alpha value is -2.30. The number of nitrogens with zero attached hydrogens (tertiary/aromatic N) is 1. The first-order chi connectivity index (χ1) is 10.3. The van der Waals surface area contributed by atoms with Gasteiger partial charge in [0.05, 0.1) is 17.5 Å². The van der Waals surface area contributed by atoms with Gasteiger partial charge in [-0.15, -0.1) is 0 Å². The summed E-state index contributed by atoms with van der Waals surface area (Å²) in [5.41, 5.74) is -0.0810. The molecule has 0 bridgehead atoms. The van der Waals surface area contributed by atoms with Crippen molar-refractivity contribution in [3.8, 4) is 0 Å². The summed E-state index contributed by atoms with van der Waals surface area (Å²) in [6.07, 6.45) is -5.58. The number of hydrogen-bond acceptors (Lipinski definition) is 1. The van der Waals surface area contributed by atoms with Crippen molar-refractivity contribution in [2.45, 2.75) is 24.9 Å². The molecule has 3 rings (SSSR count). The van der Waals surface area contributed by atoms with E-state index in [1.807, 2.05) is 0 Å². The molecular formula is C17H14F3NO. The van der Waals surface area contributed by atoms with Crippen LogP contribution in [-0.2, 0) is 10.2 Å². The molecule has 0 aliphatic carbocycles. The van der Waals surface area contributed by atoms with E-state index in [0.717, 1.165) is 0 Å². The summed E-state index contributed by atoms with van der Waals surface area (Å²) in [5, 5.41) is 0. The Morgan fingerprint density at radius 2 is 1.59 bits per heavy atom. The smallest absolute Gasteiger partial charge is 0.280 e. The molecule has 1 atom stereocenters. The predicted molar refractivity (Wildman–Crippen MR) is 78.1 cm³/mol. The number of anilines is 2. The van der Waals surface area contributed by atoms with E-state index in [-0.39, 0.29) is 0 Å². The number of benzene rings is 2. The minimum atomic E-state index is -4.41. The minimum Gasteiger partial charge on any atom is -0.280 e. The molecule has 0 saturated carbocycles. The molecule has 114 valence electrons. The van der Waals surface area contributed by atoms with Gasteiger partial charge in [-0.1, -0.05) is 36.4 Å². The van der Waals surface area contributed by atoms with Crippen molar-refractivity contribution < 1.29 is 18.0 Å². The fourth-order valence-electron chi connectivity index (χ4n) is 3.01. The molecule has 1 amide bonds. The van der Waals surface area contributed by atoms with Gasteiger partial charge in [-0.3, -0.25) is 9.69 Å². The summed E-state index contributed by atoms with van der Waals surface area (Å²) in [6, 6.07) is 15.4. The van der Waals surface area contributed by atoms with Crippen molar-refractivity contribution in [3.63, 3.8) is 0 Å². The SMILES string of the molecule is CC1(CC(F)(F)F)C(=O)N(c2ccccc2)c2ccccc21. The minimum absolute atomic E-state index is 0.418. The van der Waals surface area contributed by atoms with Gasteiger partial charge in [0.1, 0.15) is 0 Å². The average Bonchev–Trinajstić information content (AvgIpc) is 2.67. The largest absolute Gasteiger partial charge is 0.390 e. The Balaban J connectivity index is 2.15. The lowest BCUT2D eigenvalue weighted by Crippen LogP contribution is -2.39. The highest BCUT2D eigenvalue weighted by Gasteiger charge is 2.53. The third-order valence-corrected chi connectivity index (χ3v) is 3.98. The topological polar surface area (TPSA) is 20.3 Å². The fourth-order valence-corrected chi connectivity index (χ4v) is 3.01. The number of alkyl halides is 3. The summed E-state index contributed by atoms with van der Waals surface area (Å²) in [7, 11) is 0. The van der Waals surface area contributed by atoms with Crippen molar-refractivity contribution >= 4 is 17.3 Å². The van der Waals surface area contributed by atoms with Gasteiger partial charge in [0.15, 0.2) is 0 Å². The molecular weight excluding hydrogens is 291 g/mol. The van der Waals surface area contributed by atoms with Crippen molar-refractivity contribution in [3.05, 3.63) is 60.2 Å². The molecule has 1 unspecified atom stereocenters. The van der Waals surface area contributed by atoms with E-state index in [2.05, 4.69) is 0 Å². The van der Waals surface area contributed by atoms with Crippen LogP contribution in [-0.4, -0.2) is 12.1 Å². The van der Waals surface area contributed by atoms with Crippen LogP contribution in [0.1, 0.15) is 18.9 Å². The lowest BCUT2D eigenvalue weighted by Gasteiger charge is -2.25.